The molecule has 0 aliphatic carbocycles. The van der Waals surface area contributed by atoms with Gasteiger partial charge in [0.05, 0.1) is 0 Å². The van der Waals surface area contributed by atoms with Gasteiger partial charge in [0.1, 0.15) is 6.04 Å². The minimum atomic E-state index is -0.963. The summed E-state index contributed by atoms with van der Waals surface area (Å²) in [5.41, 5.74) is 4.84. The van der Waals surface area contributed by atoms with Crippen molar-refractivity contribution in [3.05, 3.63) is 0 Å². The highest BCUT2D eigenvalue weighted by molar-refractivity contribution is 7.79. The number of aliphatic carboxylic acids is 1. The maximum Gasteiger partial charge on any atom is 0.320 e. The van der Waals surface area contributed by atoms with Crippen molar-refractivity contribution >= 4 is 18.6 Å². The molecular weight excluding hydrogens is 126 g/mol. The molecule has 0 heterocycles. The number of carboxylic acid groups (broad SMARTS) is 1. The number of nitrogens with two attached hydrogens (primary N) is 1. The van der Waals surface area contributed by atoms with Crippen LogP contribution in [0.4, 0.5) is 0 Å². The number of carboxylic acids is 1. The highest BCUT2D eigenvalue weighted by Crippen LogP contribution is 1.68. The predicted molar refractivity (Wildman–Crippen MR) is 36.2 cm³/mol. The Labute approximate surface area is 54.3 Å². The summed E-state index contributed by atoms with van der Waals surface area (Å²) in [7, 11) is 0. The van der Waals surface area contributed by atoms with Crippen LogP contribution in [0, 0.1) is 0 Å². The molecule has 0 aromatic heterocycles. The zero-order valence-electron chi connectivity index (χ0n) is 4.96. The molecule has 0 amide bonds. The molecule has 0 radical (unpaired) electrons. The molecule has 0 aromatic rings. The van der Waals surface area contributed by atoms with E-state index in [4.69, 9.17) is 10.8 Å². The largest absolute Gasteiger partial charge is 0.480 e. The van der Waals surface area contributed by atoms with Crippen LogP contribution in [0.15, 0.2) is 0 Å². The van der Waals surface area contributed by atoms with Crippen molar-refractivity contribution in [3.63, 3.8) is 0 Å². The third-order valence-electron chi connectivity index (χ3n) is 0.390. The number of thiol groups is 1. The molecule has 0 aliphatic rings. The number of carbonyl (C=O) groups is 1. The van der Waals surface area contributed by atoms with Crippen LogP contribution in [0.3, 0.4) is 0 Å². The first kappa shape index (κ1) is 10.7. The van der Waals surface area contributed by atoms with Gasteiger partial charge in [0.15, 0.2) is 0 Å². The second-order valence-corrected chi connectivity index (χ2v) is 1.13. The van der Waals surface area contributed by atoms with Crippen LogP contribution in [0.1, 0.15) is 6.92 Å². The fraction of sp³-hybridized carbons (Fsp3) is 0.750. The van der Waals surface area contributed by atoms with Crippen molar-refractivity contribution in [2.45, 2.75) is 13.0 Å². The monoisotopic (exact) mass is 137 g/mol. The maximum atomic E-state index is 9.57. The molecule has 1 atom stereocenters. The molecule has 0 rings (SSSR count). The quantitative estimate of drug-likeness (QED) is 0.444. The molecule has 0 spiro atoms. The van der Waals surface area contributed by atoms with Crippen molar-refractivity contribution in [1.82, 2.24) is 0 Å². The fourth-order valence-electron chi connectivity index (χ4n) is 0. The van der Waals surface area contributed by atoms with Gasteiger partial charge in [-0.15, -0.1) is 0 Å². The zero-order valence-corrected chi connectivity index (χ0v) is 5.85. The van der Waals surface area contributed by atoms with E-state index in [1.807, 2.05) is 0 Å². The lowest BCUT2D eigenvalue weighted by Crippen LogP contribution is -2.25. The molecule has 1 unspecified atom stereocenters. The Hall–Kier alpha value is -0.220. The molecule has 3 nitrogen and oxygen atoms in total. The van der Waals surface area contributed by atoms with Crippen molar-refractivity contribution < 1.29 is 9.90 Å². The molecule has 50 valence electrons. The first-order valence-electron chi connectivity index (χ1n) is 2.07. The molecule has 3 N–H and O–H groups in total. The van der Waals surface area contributed by atoms with Gasteiger partial charge in [-0.1, -0.05) is 0 Å². The highest BCUT2D eigenvalue weighted by Gasteiger charge is 1.99. The van der Waals surface area contributed by atoms with Crippen LogP contribution in [0.5, 0.6) is 0 Å². The van der Waals surface area contributed by atoms with Crippen molar-refractivity contribution in [3.8, 4) is 0 Å². The minimum absolute atomic E-state index is 0.731. The Bertz CT molecular complexity index is 65.1. The number of rotatable bonds is 1. The summed E-state index contributed by atoms with van der Waals surface area (Å²) >= 11 is 3.53. The summed E-state index contributed by atoms with van der Waals surface area (Å²) in [6.07, 6.45) is 1.69. The SMILES string of the molecule is CC(N)C(=O)O.CS. The molecule has 0 fully saturated rings. The summed E-state index contributed by atoms with van der Waals surface area (Å²) < 4.78 is 0. The van der Waals surface area contributed by atoms with Crippen LogP contribution in [0.25, 0.3) is 0 Å². The van der Waals surface area contributed by atoms with Gasteiger partial charge in [0, 0.05) is 0 Å². The van der Waals surface area contributed by atoms with Crippen LogP contribution >= 0.6 is 12.6 Å². The molecule has 0 saturated carbocycles. The number of hydrogen-bond acceptors (Lipinski definition) is 3. The Morgan fingerprint density at radius 2 is 1.88 bits per heavy atom. The van der Waals surface area contributed by atoms with Gasteiger partial charge < -0.3 is 10.8 Å². The van der Waals surface area contributed by atoms with E-state index >= 15 is 0 Å². The van der Waals surface area contributed by atoms with Gasteiger partial charge in [-0.25, -0.2) is 0 Å². The fourth-order valence-corrected chi connectivity index (χ4v) is 0. The van der Waals surface area contributed by atoms with Gasteiger partial charge in [-0.05, 0) is 13.2 Å². The average molecular weight is 137 g/mol. The standard InChI is InChI=1S/C3H7NO2.CH4S/c1-2(4)3(5)6;1-2/h2H,4H2,1H3,(H,5,6);2H,1H3. The van der Waals surface area contributed by atoms with Gasteiger partial charge in [-0.3, -0.25) is 4.79 Å². The van der Waals surface area contributed by atoms with E-state index in [1.165, 1.54) is 6.92 Å². The van der Waals surface area contributed by atoms with E-state index in [0.29, 0.717) is 0 Å². The van der Waals surface area contributed by atoms with E-state index in [9.17, 15) is 4.79 Å². The van der Waals surface area contributed by atoms with Gasteiger partial charge in [0.25, 0.3) is 0 Å². The predicted octanol–water partition coefficient (Wildman–Crippen LogP) is -0.0358. The zero-order chi connectivity index (χ0) is 7.15. The smallest absolute Gasteiger partial charge is 0.320 e. The van der Waals surface area contributed by atoms with Crippen molar-refractivity contribution in [1.29, 1.82) is 0 Å². The minimum Gasteiger partial charge on any atom is -0.480 e. The molecule has 4 heteroatoms. The molecule has 0 aliphatic heterocycles. The molecule has 8 heavy (non-hydrogen) atoms. The Balaban J connectivity index is 0. The molecule has 0 saturated heterocycles. The van der Waals surface area contributed by atoms with E-state index in [1.54, 1.807) is 6.26 Å². The summed E-state index contributed by atoms with van der Waals surface area (Å²) in [5, 5.41) is 7.87. The molecule has 0 aromatic carbocycles. The van der Waals surface area contributed by atoms with Crippen molar-refractivity contribution in [2.75, 3.05) is 6.26 Å². The van der Waals surface area contributed by atoms with Crippen LogP contribution in [-0.4, -0.2) is 23.4 Å². The second-order valence-electron chi connectivity index (χ2n) is 1.13. The Morgan fingerprint density at radius 3 is 1.88 bits per heavy atom. The second kappa shape index (κ2) is 6.78. The Morgan fingerprint density at radius 1 is 1.75 bits per heavy atom. The lowest BCUT2D eigenvalue weighted by molar-refractivity contribution is -0.138. The summed E-state index contributed by atoms with van der Waals surface area (Å²) in [6.45, 7) is 1.42. The summed E-state index contributed by atoms with van der Waals surface area (Å²) in [6, 6.07) is -0.731. The summed E-state index contributed by atoms with van der Waals surface area (Å²) in [5.74, 6) is -0.963. The topological polar surface area (TPSA) is 63.3 Å². The first-order valence-corrected chi connectivity index (χ1v) is 2.97. The van der Waals surface area contributed by atoms with Crippen LogP contribution in [0.2, 0.25) is 0 Å². The van der Waals surface area contributed by atoms with E-state index in [-0.39, 0.29) is 0 Å². The maximum absolute atomic E-state index is 9.57. The lowest BCUT2D eigenvalue weighted by atomic mass is 10.4. The van der Waals surface area contributed by atoms with E-state index in [2.05, 4.69) is 12.6 Å². The Kier molecular flexibility index (Phi) is 9.07. The summed E-state index contributed by atoms with van der Waals surface area (Å²) in [4.78, 5) is 9.57. The van der Waals surface area contributed by atoms with Crippen LogP contribution in [-0.2, 0) is 4.79 Å². The molecule has 0 bridgehead atoms. The van der Waals surface area contributed by atoms with Gasteiger partial charge in [0.2, 0.25) is 0 Å². The lowest BCUT2D eigenvalue weighted by Gasteiger charge is -1.90. The average Bonchev–Trinajstić information content (AvgIpc) is 1.72. The normalized spacial score (nSPS) is 11.0. The van der Waals surface area contributed by atoms with Crippen molar-refractivity contribution in [2.24, 2.45) is 5.73 Å². The van der Waals surface area contributed by atoms with E-state index in [0.717, 1.165) is 0 Å². The van der Waals surface area contributed by atoms with Crippen LogP contribution < -0.4 is 5.73 Å². The third-order valence-corrected chi connectivity index (χ3v) is 0.390. The van der Waals surface area contributed by atoms with Gasteiger partial charge in [-0.2, -0.15) is 12.6 Å². The van der Waals surface area contributed by atoms with Gasteiger partial charge >= 0.3 is 5.97 Å². The molecular formula is C4H11NO2S. The van der Waals surface area contributed by atoms with E-state index < -0.39 is 12.0 Å². The third kappa shape index (κ3) is 9.24. The highest BCUT2D eigenvalue weighted by atomic mass is 32.1. The first-order chi connectivity index (χ1) is 3.64. The number of hydrogen-bond donors (Lipinski definition) is 3.